The van der Waals surface area contributed by atoms with Gasteiger partial charge in [-0.1, -0.05) is 30.3 Å². The fourth-order valence-corrected chi connectivity index (χ4v) is 5.83. The zero-order valence-corrected chi connectivity index (χ0v) is 16.7. The van der Waals surface area contributed by atoms with Crippen LogP contribution < -0.4 is 0 Å². The van der Waals surface area contributed by atoms with Crippen LogP contribution >= 0.6 is 0 Å². The Morgan fingerprint density at radius 3 is 2.33 bits per heavy atom. The highest BCUT2D eigenvalue weighted by molar-refractivity contribution is 7.91. The second-order valence-corrected chi connectivity index (χ2v) is 9.95. The van der Waals surface area contributed by atoms with Crippen molar-refractivity contribution >= 4 is 21.7 Å². The lowest BCUT2D eigenvalue weighted by Gasteiger charge is -2.34. The van der Waals surface area contributed by atoms with Crippen LogP contribution in [0.2, 0.25) is 0 Å². The molecule has 2 saturated heterocycles. The van der Waals surface area contributed by atoms with Crippen molar-refractivity contribution < 1.29 is 18.0 Å². The maximum Gasteiger partial charge on any atom is 0.242 e. The van der Waals surface area contributed by atoms with Crippen LogP contribution in [-0.2, 0) is 25.8 Å². The number of rotatable bonds is 5. The normalized spacial score (nSPS) is 22.6. The van der Waals surface area contributed by atoms with Gasteiger partial charge in [0.2, 0.25) is 11.8 Å². The Kier molecular flexibility index (Phi) is 6.19. The third-order valence-corrected chi connectivity index (χ3v) is 7.44. The van der Waals surface area contributed by atoms with E-state index in [4.69, 9.17) is 0 Å². The molecule has 2 aliphatic heterocycles. The molecular formula is C20H28N2O4S. The van der Waals surface area contributed by atoms with Crippen LogP contribution in [0.15, 0.2) is 30.3 Å². The van der Waals surface area contributed by atoms with Gasteiger partial charge in [-0.3, -0.25) is 9.59 Å². The smallest absolute Gasteiger partial charge is 0.242 e. The van der Waals surface area contributed by atoms with Gasteiger partial charge in [0, 0.05) is 26.1 Å². The number of amides is 2. The topological polar surface area (TPSA) is 74.8 Å². The highest BCUT2D eigenvalue weighted by atomic mass is 32.2. The summed E-state index contributed by atoms with van der Waals surface area (Å²) in [7, 11) is -3.09. The molecule has 1 atom stereocenters. The molecule has 2 aliphatic rings. The average molecular weight is 393 g/mol. The van der Waals surface area contributed by atoms with Crippen molar-refractivity contribution in [3.8, 4) is 0 Å². The van der Waals surface area contributed by atoms with E-state index in [2.05, 4.69) is 12.1 Å². The Labute approximate surface area is 161 Å². The first kappa shape index (κ1) is 19.9. The Morgan fingerprint density at radius 1 is 1.11 bits per heavy atom. The second kappa shape index (κ2) is 8.42. The monoisotopic (exact) mass is 392 g/mol. The molecule has 2 heterocycles. The maximum atomic E-state index is 12.7. The molecule has 0 bridgehead atoms. The highest BCUT2D eigenvalue weighted by Crippen LogP contribution is 2.23. The van der Waals surface area contributed by atoms with Crippen molar-refractivity contribution in [3.63, 3.8) is 0 Å². The Morgan fingerprint density at radius 2 is 1.78 bits per heavy atom. The summed E-state index contributed by atoms with van der Waals surface area (Å²) < 4.78 is 23.4. The van der Waals surface area contributed by atoms with E-state index >= 15 is 0 Å². The summed E-state index contributed by atoms with van der Waals surface area (Å²) >= 11 is 0. The molecule has 7 heteroatoms. The van der Waals surface area contributed by atoms with Gasteiger partial charge < -0.3 is 9.80 Å². The summed E-state index contributed by atoms with van der Waals surface area (Å²) in [5.41, 5.74) is 1.33. The number of benzene rings is 1. The molecule has 6 nitrogen and oxygen atoms in total. The summed E-state index contributed by atoms with van der Waals surface area (Å²) in [4.78, 5) is 27.9. The number of hydrogen-bond donors (Lipinski definition) is 0. The highest BCUT2D eigenvalue weighted by Gasteiger charge is 2.35. The fourth-order valence-electron chi connectivity index (χ4n) is 4.10. The molecule has 0 N–H and O–H groups in total. The average Bonchev–Trinajstić information content (AvgIpc) is 3.00. The molecule has 1 unspecified atom stereocenters. The first-order valence-corrected chi connectivity index (χ1v) is 11.5. The lowest BCUT2D eigenvalue weighted by atomic mass is 9.90. The van der Waals surface area contributed by atoms with Gasteiger partial charge in [-0.05, 0) is 37.2 Å². The van der Waals surface area contributed by atoms with E-state index in [9.17, 15) is 18.0 Å². The van der Waals surface area contributed by atoms with E-state index < -0.39 is 9.84 Å². The van der Waals surface area contributed by atoms with E-state index in [1.54, 1.807) is 0 Å². The molecule has 2 amide bonds. The van der Waals surface area contributed by atoms with Crippen LogP contribution in [0.4, 0.5) is 0 Å². The summed E-state index contributed by atoms with van der Waals surface area (Å²) in [6.07, 6.45) is 3.37. The zero-order valence-electron chi connectivity index (χ0n) is 15.8. The molecule has 0 aliphatic carbocycles. The van der Waals surface area contributed by atoms with Crippen LogP contribution in [-0.4, -0.2) is 67.2 Å². The van der Waals surface area contributed by atoms with Gasteiger partial charge in [-0.15, -0.1) is 0 Å². The van der Waals surface area contributed by atoms with Gasteiger partial charge in [-0.2, -0.15) is 0 Å². The van der Waals surface area contributed by atoms with Crippen LogP contribution in [0.3, 0.4) is 0 Å². The Hall–Kier alpha value is -1.89. The summed E-state index contributed by atoms with van der Waals surface area (Å²) in [5, 5.41) is 0. The number of piperidine rings is 1. The van der Waals surface area contributed by atoms with Gasteiger partial charge in [0.05, 0.1) is 11.5 Å². The van der Waals surface area contributed by atoms with Gasteiger partial charge >= 0.3 is 0 Å². The number of likely N-dealkylation sites (tertiary alicyclic amines) is 1. The number of hydrogen-bond acceptors (Lipinski definition) is 4. The zero-order chi connectivity index (χ0) is 19.4. The van der Waals surface area contributed by atoms with Crippen LogP contribution in [0, 0.1) is 5.92 Å². The Balaban J connectivity index is 1.51. The van der Waals surface area contributed by atoms with Gasteiger partial charge in [-0.25, -0.2) is 8.42 Å². The minimum absolute atomic E-state index is 0.0150. The van der Waals surface area contributed by atoms with Crippen LogP contribution in [0.1, 0.15) is 31.7 Å². The quantitative estimate of drug-likeness (QED) is 0.761. The van der Waals surface area contributed by atoms with Crippen molar-refractivity contribution in [1.82, 2.24) is 9.80 Å². The molecule has 0 spiro atoms. The molecule has 0 aromatic heterocycles. The molecule has 148 valence electrons. The fraction of sp³-hybridized carbons (Fsp3) is 0.600. The van der Waals surface area contributed by atoms with Crippen molar-refractivity contribution in [1.29, 1.82) is 0 Å². The molecule has 2 fully saturated rings. The van der Waals surface area contributed by atoms with Gasteiger partial charge in [0.15, 0.2) is 9.84 Å². The predicted molar refractivity (Wildman–Crippen MR) is 104 cm³/mol. The number of nitrogens with zero attached hydrogens (tertiary/aromatic N) is 2. The third kappa shape index (κ3) is 5.31. The molecular weight excluding hydrogens is 364 g/mol. The van der Waals surface area contributed by atoms with Crippen LogP contribution in [0.25, 0.3) is 0 Å². The number of sulfone groups is 1. The van der Waals surface area contributed by atoms with E-state index in [0.717, 1.165) is 19.3 Å². The van der Waals surface area contributed by atoms with E-state index in [1.807, 2.05) is 23.1 Å². The van der Waals surface area contributed by atoms with Crippen molar-refractivity contribution in [2.24, 2.45) is 5.92 Å². The predicted octanol–water partition coefficient (Wildman–Crippen LogP) is 1.50. The minimum atomic E-state index is -3.09. The lowest BCUT2D eigenvalue weighted by Crippen LogP contribution is -2.49. The summed E-state index contributed by atoms with van der Waals surface area (Å²) in [5.74, 6) is 0.330. The van der Waals surface area contributed by atoms with E-state index in [0.29, 0.717) is 25.4 Å². The summed E-state index contributed by atoms with van der Waals surface area (Å²) in [6, 6.07) is 10.0. The largest absolute Gasteiger partial charge is 0.341 e. The molecule has 3 rings (SSSR count). The number of carbonyl (C=O) groups excluding carboxylic acids is 2. The van der Waals surface area contributed by atoms with Crippen molar-refractivity contribution in [2.75, 3.05) is 31.1 Å². The standard InChI is InChI=1S/C20H28N2O4S/c1-16(23)22(19-9-12-27(25,26)15-19)14-20(24)21-10-7-18(8-11-21)13-17-5-3-2-4-6-17/h2-6,18-19H,7-15H2,1H3. The van der Waals surface area contributed by atoms with Crippen LogP contribution in [0.5, 0.6) is 0 Å². The molecule has 0 radical (unpaired) electrons. The second-order valence-electron chi connectivity index (χ2n) is 7.72. The van der Waals surface area contributed by atoms with E-state index in [-0.39, 0.29) is 35.9 Å². The van der Waals surface area contributed by atoms with Crippen molar-refractivity contribution in [3.05, 3.63) is 35.9 Å². The van der Waals surface area contributed by atoms with Gasteiger partial charge in [0.25, 0.3) is 0 Å². The molecule has 27 heavy (non-hydrogen) atoms. The first-order valence-electron chi connectivity index (χ1n) is 9.63. The molecule has 1 aromatic carbocycles. The lowest BCUT2D eigenvalue weighted by molar-refractivity contribution is -0.141. The van der Waals surface area contributed by atoms with Crippen molar-refractivity contribution in [2.45, 2.75) is 38.6 Å². The number of carbonyl (C=O) groups is 2. The minimum Gasteiger partial charge on any atom is -0.341 e. The van der Waals surface area contributed by atoms with E-state index in [1.165, 1.54) is 17.4 Å². The molecule has 1 aromatic rings. The maximum absolute atomic E-state index is 12.7. The Bertz CT molecular complexity index is 770. The third-order valence-electron chi connectivity index (χ3n) is 5.69. The van der Waals surface area contributed by atoms with Gasteiger partial charge in [0.1, 0.15) is 6.54 Å². The SMILES string of the molecule is CC(=O)N(CC(=O)N1CCC(Cc2ccccc2)CC1)C1CCS(=O)(=O)C1. The molecule has 0 saturated carbocycles. The first-order chi connectivity index (χ1) is 12.8. The summed E-state index contributed by atoms with van der Waals surface area (Å²) in [6.45, 7) is 2.79.